The summed E-state index contributed by atoms with van der Waals surface area (Å²) in [6.45, 7) is 5.46. The molecule has 0 unspecified atom stereocenters. The van der Waals surface area contributed by atoms with Gasteiger partial charge in [0.2, 0.25) is 0 Å². The average Bonchev–Trinajstić information content (AvgIpc) is 2.37. The summed E-state index contributed by atoms with van der Waals surface area (Å²) in [5.74, 6) is -0.425. The van der Waals surface area contributed by atoms with E-state index in [-0.39, 0.29) is 6.54 Å². The number of carbonyl (C=O) groups excluding carboxylic acids is 1. The van der Waals surface area contributed by atoms with Gasteiger partial charge in [-0.25, -0.2) is 9.59 Å². The molecule has 122 valence electrons. The van der Waals surface area contributed by atoms with Gasteiger partial charge in [0.15, 0.2) is 0 Å². The van der Waals surface area contributed by atoms with Gasteiger partial charge in [-0.15, -0.1) is 0 Å². The molecule has 1 fully saturated rings. The lowest BCUT2D eigenvalue weighted by molar-refractivity contribution is -0.146. The number of carbonyl (C=O) groups is 2. The maximum atomic E-state index is 12.2. The Bertz CT molecular complexity index is 382. The third kappa shape index (κ3) is 4.88. The highest BCUT2D eigenvalue weighted by molar-refractivity contribution is 5.86. The van der Waals surface area contributed by atoms with Crippen molar-refractivity contribution in [1.82, 2.24) is 10.2 Å². The van der Waals surface area contributed by atoms with E-state index < -0.39 is 23.1 Å². The Balaban J connectivity index is 2.71. The molecule has 6 nitrogen and oxygen atoms in total. The Labute approximate surface area is 126 Å². The van der Waals surface area contributed by atoms with Crippen molar-refractivity contribution >= 4 is 12.0 Å². The van der Waals surface area contributed by atoms with Crippen molar-refractivity contribution in [3.63, 3.8) is 0 Å². The van der Waals surface area contributed by atoms with Crippen LogP contribution in [-0.4, -0.2) is 51.8 Å². The van der Waals surface area contributed by atoms with Crippen LogP contribution in [0.1, 0.15) is 52.9 Å². The minimum atomic E-state index is -1.17. The summed E-state index contributed by atoms with van der Waals surface area (Å²) in [5, 5.41) is 21.9. The van der Waals surface area contributed by atoms with E-state index in [1.165, 1.54) is 4.90 Å². The highest BCUT2D eigenvalue weighted by Crippen LogP contribution is 2.34. The van der Waals surface area contributed by atoms with Crippen LogP contribution in [0.3, 0.4) is 0 Å². The molecule has 0 atom stereocenters. The average molecular weight is 300 g/mol. The van der Waals surface area contributed by atoms with Crippen LogP contribution >= 0.6 is 0 Å². The fraction of sp³-hybridized carbons (Fsp3) is 0.867. The van der Waals surface area contributed by atoms with E-state index in [9.17, 15) is 19.8 Å². The van der Waals surface area contributed by atoms with E-state index in [4.69, 9.17) is 0 Å². The number of amides is 2. The molecule has 1 aliphatic rings. The monoisotopic (exact) mass is 300 g/mol. The minimum absolute atomic E-state index is 0.145. The van der Waals surface area contributed by atoms with Crippen LogP contribution in [0.15, 0.2) is 0 Å². The molecule has 3 N–H and O–H groups in total. The number of aliphatic carboxylic acids is 1. The Morgan fingerprint density at radius 3 is 2.24 bits per heavy atom. The van der Waals surface area contributed by atoms with Crippen LogP contribution in [-0.2, 0) is 4.79 Å². The number of hydrogen-bond acceptors (Lipinski definition) is 3. The van der Waals surface area contributed by atoms with Crippen molar-refractivity contribution in [2.24, 2.45) is 5.92 Å². The van der Waals surface area contributed by atoms with Crippen LogP contribution in [0.4, 0.5) is 4.79 Å². The van der Waals surface area contributed by atoms with Gasteiger partial charge in [-0.1, -0.05) is 13.3 Å². The van der Waals surface area contributed by atoms with Gasteiger partial charge in [-0.05, 0) is 45.4 Å². The number of rotatable bonds is 5. The molecule has 0 radical (unpaired) electrons. The molecule has 2 amide bonds. The molecule has 6 heteroatoms. The number of aliphatic hydroxyl groups is 1. The predicted octanol–water partition coefficient (Wildman–Crippen LogP) is 1.82. The molecule has 0 aromatic carbocycles. The summed E-state index contributed by atoms with van der Waals surface area (Å²) >= 11 is 0. The summed E-state index contributed by atoms with van der Waals surface area (Å²) in [5.41, 5.74) is -2.18. The van der Waals surface area contributed by atoms with Gasteiger partial charge in [0, 0.05) is 7.05 Å². The summed E-state index contributed by atoms with van der Waals surface area (Å²) < 4.78 is 0. The van der Waals surface area contributed by atoms with E-state index in [1.807, 2.05) is 0 Å². The third-order valence-electron chi connectivity index (χ3n) is 4.26. The topological polar surface area (TPSA) is 89.9 Å². The maximum Gasteiger partial charge on any atom is 0.329 e. The molecule has 21 heavy (non-hydrogen) atoms. The standard InChI is InChI=1S/C15H28N2O4/c1-5-11-6-8-15(9-7-11,12(18)19)16-13(20)17(4)10-14(2,3)21/h11,21H,5-10H2,1-4H3,(H,16,20)(H,18,19). The lowest BCUT2D eigenvalue weighted by Crippen LogP contribution is -2.59. The summed E-state index contributed by atoms with van der Waals surface area (Å²) in [4.78, 5) is 25.2. The third-order valence-corrected chi connectivity index (χ3v) is 4.26. The smallest absolute Gasteiger partial charge is 0.329 e. The number of urea groups is 1. The number of likely N-dealkylation sites (N-methyl/N-ethyl adjacent to an activating group) is 1. The maximum absolute atomic E-state index is 12.2. The first kappa shape index (κ1) is 17.8. The Morgan fingerprint density at radius 1 is 1.33 bits per heavy atom. The first-order chi connectivity index (χ1) is 9.59. The zero-order valence-electron chi connectivity index (χ0n) is 13.5. The second-order valence-corrected chi connectivity index (χ2v) is 6.84. The SMILES string of the molecule is CCC1CCC(NC(=O)N(C)CC(C)(C)O)(C(=O)O)CC1. The number of hydrogen-bond donors (Lipinski definition) is 3. The molecular formula is C15H28N2O4. The van der Waals surface area contributed by atoms with Crippen LogP contribution in [0.25, 0.3) is 0 Å². The van der Waals surface area contributed by atoms with Crippen LogP contribution in [0.5, 0.6) is 0 Å². The quantitative estimate of drug-likeness (QED) is 0.722. The Hall–Kier alpha value is -1.30. The van der Waals surface area contributed by atoms with Gasteiger partial charge in [0.05, 0.1) is 12.1 Å². The summed E-state index contributed by atoms with van der Waals surface area (Å²) in [6, 6.07) is -0.450. The van der Waals surface area contributed by atoms with Crippen molar-refractivity contribution in [2.45, 2.75) is 64.0 Å². The van der Waals surface area contributed by atoms with Gasteiger partial charge >= 0.3 is 12.0 Å². The van der Waals surface area contributed by atoms with E-state index >= 15 is 0 Å². The minimum Gasteiger partial charge on any atom is -0.480 e. The summed E-state index contributed by atoms with van der Waals surface area (Å²) in [6.07, 6.45) is 3.60. The number of carboxylic acid groups (broad SMARTS) is 1. The molecule has 1 aliphatic carbocycles. The molecule has 0 saturated heterocycles. The molecule has 0 aromatic rings. The van der Waals surface area contributed by atoms with Crippen molar-refractivity contribution in [3.05, 3.63) is 0 Å². The molecule has 0 aliphatic heterocycles. The zero-order chi connectivity index (χ0) is 16.3. The predicted molar refractivity (Wildman–Crippen MR) is 80.1 cm³/mol. The van der Waals surface area contributed by atoms with Gasteiger partial charge in [-0.2, -0.15) is 0 Å². The Morgan fingerprint density at radius 2 is 1.86 bits per heavy atom. The fourth-order valence-electron chi connectivity index (χ4n) is 2.92. The second-order valence-electron chi connectivity index (χ2n) is 6.84. The van der Waals surface area contributed by atoms with E-state index in [0.29, 0.717) is 18.8 Å². The van der Waals surface area contributed by atoms with Crippen LogP contribution in [0, 0.1) is 5.92 Å². The van der Waals surface area contributed by atoms with E-state index in [2.05, 4.69) is 12.2 Å². The molecule has 0 bridgehead atoms. The molecule has 0 spiro atoms. The number of nitrogens with one attached hydrogen (secondary N) is 1. The molecular weight excluding hydrogens is 272 g/mol. The highest BCUT2D eigenvalue weighted by atomic mass is 16.4. The lowest BCUT2D eigenvalue weighted by Gasteiger charge is -2.38. The first-order valence-corrected chi connectivity index (χ1v) is 7.59. The van der Waals surface area contributed by atoms with Gasteiger partial charge < -0.3 is 20.4 Å². The molecule has 0 heterocycles. The van der Waals surface area contributed by atoms with Crippen LogP contribution < -0.4 is 5.32 Å². The first-order valence-electron chi connectivity index (χ1n) is 7.59. The molecule has 1 saturated carbocycles. The van der Waals surface area contributed by atoms with Gasteiger partial charge in [-0.3, -0.25) is 0 Å². The van der Waals surface area contributed by atoms with Crippen molar-refractivity contribution < 1.29 is 19.8 Å². The van der Waals surface area contributed by atoms with Crippen LogP contribution in [0.2, 0.25) is 0 Å². The van der Waals surface area contributed by atoms with Gasteiger partial charge in [0.1, 0.15) is 5.54 Å². The largest absolute Gasteiger partial charge is 0.480 e. The fourth-order valence-corrected chi connectivity index (χ4v) is 2.92. The molecule has 0 aromatic heterocycles. The van der Waals surface area contributed by atoms with Gasteiger partial charge in [0.25, 0.3) is 0 Å². The number of nitrogens with zero attached hydrogens (tertiary/aromatic N) is 1. The van der Waals surface area contributed by atoms with E-state index in [0.717, 1.165) is 19.3 Å². The highest BCUT2D eigenvalue weighted by Gasteiger charge is 2.43. The zero-order valence-corrected chi connectivity index (χ0v) is 13.5. The van der Waals surface area contributed by atoms with Crippen molar-refractivity contribution in [2.75, 3.05) is 13.6 Å². The second kappa shape index (κ2) is 6.64. The Kier molecular flexibility index (Phi) is 5.61. The molecule has 1 rings (SSSR count). The normalized spacial score (nSPS) is 26.2. The number of carboxylic acids is 1. The van der Waals surface area contributed by atoms with Crippen molar-refractivity contribution in [3.8, 4) is 0 Å². The van der Waals surface area contributed by atoms with E-state index in [1.54, 1.807) is 20.9 Å². The summed E-state index contributed by atoms with van der Waals surface area (Å²) in [7, 11) is 1.56. The van der Waals surface area contributed by atoms with Crippen molar-refractivity contribution in [1.29, 1.82) is 0 Å². The lowest BCUT2D eigenvalue weighted by atomic mass is 9.75.